The molecule has 1 amide bonds. The van der Waals surface area contributed by atoms with Gasteiger partial charge in [-0.3, -0.25) is 9.69 Å². The van der Waals surface area contributed by atoms with Crippen LogP contribution in [0.25, 0.3) is 0 Å². The molecule has 0 unspecified atom stereocenters. The maximum atomic E-state index is 13.7. The largest absolute Gasteiger partial charge is 0.361 e. The molecule has 3 rings (SSSR count). The van der Waals surface area contributed by atoms with Gasteiger partial charge < -0.3 is 10.3 Å². The van der Waals surface area contributed by atoms with Gasteiger partial charge in [-0.15, -0.1) is 0 Å². The van der Waals surface area contributed by atoms with Gasteiger partial charge in [-0.2, -0.15) is 4.98 Å². The number of carbonyl (C=O) groups is 1. The van der Waals surface area contributed by atoms with Gasteiger partial charge in [-0.05, 0) is 50.3 Å². The first-order valence-electron chi connectivity index (χ1n) is 8.30. The Labute approximate surface area is 144 Å². The first-order valence-corrected chi connectivity index (χ1v) is 8.30. The number of nitrogens with zero attached hydrogens (tertiary/aromatic N) is 3. The predicted molar refractivity (Wildman–Crippen MR) is 85.5 cm³/mol. The Morgan fingerprint density at radius 1 is 1.36 bits per heavy atom. The summed E-state index contributed by atoms with van der Waals surface area (Å²) < 4.78 is 32.2. The summed E-state index contributed by atoms with van der Waals surface area (Å²) in [6.07, 6.45) is 3.11. The highest BCUT2D eigenvalue weighted by atomic mass is 19.1. The standard InChI is InChI=1S/C17H20F2N4O2/c18-13-4-1-5-14(19)12(13)7-6-11-3-2-8-23(9-11)10-15-21-17(16(20)24)25-22-15/h1,4-5,11H,2-3,6-10H2,(H2,20,24)/t11-/m1/s1. The third-order valence-corrected chi connectivity index (χ3v) is 4.51. The van der Waals surface area contributed by atoms with Gasteiger partial charge >= 0.3 is 11.8 Å². The summed E-state index contributed by atoms with van der Waals surface area (Å²) in [6.45, 7) is 2.13. The van der Waals surface area contributed by atoms with Crippen molar-refractivity contribution in [3.8, 4) is 0 Å². The second-order valence-corrected chi connectivity index (χ2v) is 6.36. The van der Waals surface area contributed by atoms with Gasteiger partial charge in [0.1, 0.15) is 11.6 Å². The van der Waals surface area contributed by atoms with Crippen LogP contribution in [0.3, 0.4) is 0 Å². The number of aromatic nitrogens is 2. The van der Waals surface area contributed by atoms with Crippen molar-refractivity contribution in [3.05, 3.63) is 47.1 Å². The van der Waals surface area contributed by atoms with Crippen molar-refractivity contribution < 1.29 is 18.1 Å². The van der Waals surface area contributed by atoms with E-state index in [4.69, 9.17) is 10.3 Å². The molecular formula is C17H20F2N4O2. The molecule has 1 aromatic carbocycles. The average Bonchev–Trinajstić information content (AvgIpc) is 3.03. The van der Waals surface area contributed by atoms with Crippen molar-refractivity contribution in [2.75, 3.05) is 13.1 Å². The molecule has 0 bridgehead atoms. The van der Waals surface area contributed by atoms with E-state index in [2.05, 4.69) is 15.0 Å². The number of hydrogen-bond donors (Lipinski definition) is 1. The second kappa shape index (κ2) is 7.69. The van der Waals surface area contributed by atoms with E-state index < -0.39 is 17.5 Å². The SMILES string of the molecule is NC(=O)c1nc(CN2CCC[C@H](CCc3c(F)cccc3F)C2)no1. The van der Waals surface area contributed by atoms with E-state index in [0.717, 1.165) is 25.9 Å². The van der Waals surface area contributed by atoms with Crippen LogP contribution in [0.5, 0.6) is 0 Å². The van der Waals surface area contributed by atoms with E-state index in [0.29, 0.717) is 31.1 Å². The lowest BCUT2D eigenvalue weighted by Gasteiger charge is -2.31. The van der Waals surface area contributed by atoms with Crippen LogP contribution in [-0.2, 0) is 13.0 Å². The molecule has 0 radical (unpaired) electrons. The number of likely N-dealkylation sites (tertiary alicyclic amines) is 1. The highest BCUT2D eigenvalue weighted by Crippen LogP contribution is 2.24. The normalized spacial score (nSPS) is 18.4. The molecule has 0 saturated carbocycles. The summed E-state index contributed by atoms with van der Waals surface area (Å²) in [7, 11) is 0. The molecule has 8 heteroatoms. The molecule has 1 fully saturated rings. The number of amides is 1. The topological polar surface area (TPSA) is 85.3 Å². The Balaban J connectivity index is 1.55. The van der Waals surface area contributed by atoms with Gasteiger partial charge in [0.25, 0.3) is 0 Å². The summed E-state index contributed by atoms with van der Waals surface area (Å²) in [5.41, 5.74) is 5.25. The predicted octanol–water partition coefficient (Wildman–Crippen LogP) is 2.29. The fourth-order valence-corrected chi connectivity index (χ4v) is 3.27. The summed E-state index contributed by atoms with van der Waals surface area (Å²) in [6, 6.07) is 3.96. The van der Waals surface area contributed by atoms with E-state index in [-0.39, 0.29) is 11.5 Å². The van der Waals surface area contributed by atoms with E-state index in [1.54, 1.807) is 0 Å². The molecule has 0 spiro atoms. The number of carbonyl (C=O) groups excluding carboxylic acids is 1. The molecule has 1 aromatic heterocycles. The van der Waals surface area contributed by atoms with Crippen molar-refractivity contribution in [3.63, 3.8) is 0 Å². The Bertz CT molecular complexity index is 730. The van der Waals surface area contributed by atoms with Crippen molar-refractivity contribution in [2.45, 2.75) is 32.2 Å². The lowest BCUT2D eigenvalue weighted by atomic mass is 9.91. The lowest BCUT2D eigenvalue weighted by molar-refractivity contribution is 0.0958. The fourth-order valence-electron chi connectivity index (χ4n) is 3.27. The molecule has 1 saturated heterocycles. The molecular weight excluding hydrogens is 330 g/mol. The minimum Gasteiger partial charge on any atom is -0.361 e. The quantitative estimate of drug-likeness (QED) is 0.864. The number of hydrogen-bond acceptors (Lipinski definition) is 5. The van der Waals surface area contributed by atoms with Crippen LogP contribution in [0, 0.1) is 17.6 Å². The van der Waals surface area contributed by atoms with Gasteiger partial charge in [0.2, 0.25) is 0 Å². The molecule has 25 heavy (non-hydrogen) atoms. The van der Waals surface area contributed by atoms with Gasteiger partial charge in [-0.1, -0.05) is 11.2 Å². The molecule has 2 heterocycles. The van der Waals surface area contributed by atoms with Crippen molar-refractivity contribution >= 4 is 5.91 Å². The van der Waals surface area contributed by atoms with Crippen LogP contribution in [0.2, 0.25) is 0 Å². The van der Waals surface area contributed by atoms with Crippen LogP contribution >= 0.6 is 0 Å². The van der Waals surface area contributed by atoms with E-state index in [1.165, 1.54) is 18.2 Å². The molecule has 2 N–H and O–H groups in total. The number of nitrogens with two attached hydrogens (primary N) is 1. The molecule has 0 aliphatic carbocycles. The number of rotatable bonds is 6. The Morgan fingerprint density at radius 3 is 2.80 bits per heavy atom. The van der Waals surface area contributed by atoms with Crippen molar-refractivity contribution in [1.29, 1.82) is 0 Å². The minimum absolute atomic E-state index is 0.156. The minimum atomic E-state index is -0.748. The number of piperidine rings is 1. The zero-order valence-electron chi connectivity index (χ0n) is 13.8. The van der Waals surface area contributed by atoms with Crippen molar-refractivity contribution in [1.82, 2.24) is 15.0 Å². The lowest BCUT2D eigenvalue weighted by Crippen LogP contribution is -2.35. The summed E-state index contributed by atoms with van der Waals surface area (Å²) in [5.74, 6) is -1.16. The summed E-state index contributed by atoms with van der Waals surface area (Å²) in [5, 5.41) is 3.75. The van der Waals surface area contributed by atoms with E-state index in [1.807, 2.05) is 0 Å². The molecule has 1 aliphatic rings. The third kappa shape index (κ3) is 4.39. The zero-order chi connectivity index (χ0) is 17.8. The van der Waals surface area contributed by atoms with Gasteiger partial charge in [0, 0.05) is 12.1 Å². The monoisotopic (exact) mass is 350 g/mol. The van der Waals surface area contributed by atoms with Crippen LogP contribution in [0.1, 0.15) is 41.3 Å². The number of halogens is 2. The first-order chi connectivity index (χ1) is 12.0. The number of benzene rings is 1. The van der Waals surface area contributed by atoms with Crippen LogP contribution in [0.15, 0.2) is 22.7 Å². The molecule has 134 valence electrons. The maximum Gasteiger partial charge on any atom is 0.315 e. The fraction of sp³-hybridized carbons (Fsp3) is 0.471. The summed E-state index contributed by atoms with van der Waals surface area (Å²) >= 11 is 0. The van der Waals surface area contributed by atoms with Gasteiger partial charge in [0.05, 0.1) is 6.54 Å². The molecule has 2 aromatic rings. The smallest absolute Gasteiger partial charge is 0.315 e. The highest BCUT2D eigenvalue weighted by molar-refractivity contribution is 5.87. The van der Waals surface area contributed by atoms with Crippen LogP contribution in [-0.4, -0.2) is 34.0 Å². The Morgan fingerprint density at radius 2 is 2.12 bits per heavy atom. The molecule has 1 atom stereocenters. The average molecular weight is 350 g/mol. The third-order valence-electron chi connectivity index (χ3n) is 4.51. The van der Waals surface area contributed by atoms with Crippen molar-refractivity contribution in [2.24, 2.45) is 11.7 Å². The van der Waals surface area contributed by atoms with E-state index >= 15 is 0 Å². The molecule has 1 aliphatic heterocycles. The van der Waals surface area contributed by atoms with E-state index in [9.17, 15) is 13.6 Å². The highest BCUT2D eigenvalue weighted by Gasteiger charge is 2.23. The van der Waals surface area contributed by atoms with Gasteiger partial charge in [0.15, 0.2) is 5.82 Å². The summed E-state index contributed by atoms with van der Waals surface area (Å²) in [4.78, 5) is 17.1. The Hall–Kier alpha value is -2.35. The second-order valence-electron chi connectivity index (χ2n) is 6.36. The molecule has 6 nitrogen and oxygen atoms in total. The first kappa shape index (κ1) is 17.5. The Kier molecular flexibility index (Phi) is 5.37. The van der Waals surface area contributed by atoms with Crippen LogP contribution in [0.4, 0.5) is 8.78 Å². The zero-order valence-corrected chi connectivity index (χ0v) is 13.8. The van der Waals surface area contributed by atoms with Crippen LogP contribution < -0.4 is 5.73 Å². The number of primary amides is 1. The maximum absolute atomic E-state index is 13.7. The van der Waals surface area contributed by atoms with Gasteiger partial charge in [-0.25, -0.2) is 8.78 Å².